The smallest absolute Gasteiger partial charge is 0.255 e. The number of benzene rings is 3. The molecule has 0 radical (unpaired) electrons. The van der Waals surface area contributed by atoms with E-state index in [0.717, 1.165) is 16.9 Å². The van der Waals surface area contributed by atoms with Crippen LogP contribution in [0.1, 0.15) is 21.5 Å². The van der Waals surface area contributed by atoms with Crippen LogP contribution in [0.25, 0.3) is 0 Å². The van der Waals surface area contributed by atoms with Gasteiger partial charge in [-0.3, -0.25) is 4.79 Å². The molecule has 0 spiro atoms. The predicted octanol–water partition coefficient (Wildman–Crippen LogP) is 4.85. The standard InChI is InChI=1S/C24H25NO5/c1-16-6-5-7-20(12-16)30-15-18-13-17(8-10-22(18)28-3)24(26)25-21-14-19(27-2)9-11-23(21)29-4/h5-14H,15H2,1-4H3,(H,25,26). The summed E-state index contributed by atoms with van der Waals surface area (Å²) in [5.41, 5.74) is 2.88. The normalized spacial score (nSPS) is 10.3. The fraction of sp³-hybridized carbons (Fsp3) is 0.208. The van der Waals surface area contributed by atoms with Crippen molar-refractivity contribution in [1.29, 1.82) is 0 Å². The number of anilines is 1. The van der Waals surface area contributed by atoms with Crippen LogP contribution in [0.15, 0.2) is 60.7 Å². The highest BCUT2D eigenvalue weighted by Gasteiger charge is 2.14. The molecule has 156 valence electrons. The number of hydrogen-bond acceptors (Lipinski definition) is 5. The van der Waals surface area contributed by atoms with Gasteiger partial charge in [0.2, 0.25) is 0 Å². The van der Waals surface area contributed by atoms with Gasteiger partial charge in [-0.25, -0.2) is 0 Å². The van der Waals surface area contributed by atoms with E-state index in [9.17, 15) is 4.79 Å². The van der Waals surface area contributed by atoms with Gasteiger partial charge in [-0.05, 0) is 55.0 Å². The van der Waals surface area contributed by atoms with Crippen molar-refractivity contribution in [2.75, 3.05) is 26.6 Å². The molecule has 0 bridgehead atoms. The van der Waals surface area contributed by atoms with E-state index in [4.69, 9.17) is 18.9 Å². The maximum Gasteiger partial charge on any atom is 0.255 e. The average molecular weight is 407 g/mol. The van der Waals surface area contributed by atoms with Crippen LogP contribution in [-0.2, 0) is 6.61 Å². The predicted molar refractivity (Wildman–Crippen MR) is 116 cm³/mol. The molecule has 3 rings (SSSR count). The zero-order chi connectivity index (χ0) is 21.5. The van der Waals surface area contributed by atoms with Crippen LogP contribution in [0.5, 0.6) is 23.0 Å². The van der Waals surface area contributed by atoms with Crippen LogP contribution >= 0.6 is 0 Å². The molecule has 1 N–H and O–H groups in total. The molecule has 0 atom stereocenters. The molecule has 6 nitrogen and oxygen atoms in total. The number of ether oxygens (including phenoxy) is 4. The minimum absolute atomic E-state index is 0.274. The molecular formula is C24H25NO5. The lowest BCUT2D eigenvalue weighted by Crippen LogP contribution is -2.13. The van der Waals surface area contributed by atoms with Gasteiger partial charge in [0.25, 0.3) is 5.91 Å². The van der Waals surface area contributed by atoms with E-state index in [2.05, 4.69) is 5.32 Å². The first-order valence-electron chi connectivity index (χ1n) is 9.44. The third kappa shape index (κ3) is 5.03. The number of carbonyl (C=O) groups excluding carboxylic acids is 1. The Balaban J connectivity index is 1.81. The summed E-state index contributed by atoms with van der Waals surface area (Å²) in [6, 6.07) is 18.2. The summed E-state index contributed by atoms with van der Waals surface area (Å²) in [7, 11) is 4.70. The van der Waals surface area contributed by atoms with Gasteiger partial charge >= 0.3 is 0 Å². The van der Waals surface area contributed by atoms with E-state index in [1.165, 1.54) is 0 Å². The molecule has 3 aromatic rings. The summed E-state index contributed by atoms with van der Waals surface area (Å²) in [4.78, 5) is 12.9. The van der Waals surface area contributed by atoms with Crippen LogP contribution in [0, 0.1) is 6.92 Å². The number of methoxy groups -OCH3 is 3. The van der Waals surface area contributed by atoms with Crippen molar-refractivity contribution in [3.63, 3.8) is 0 Å². The monoisotopic (exact) mass is 407 g/mol. The minimum Gasteiger partial charge on any atom is -0.497 e. The van der Waals surface area contributed by atoms with E-state index in [1.54, 1.807) is 57.7 Å². The Labute approximate surface area is 176 Å². The first-order chi connectivity index (χ1) is 14.5. The fourth-order valence-electron chi connectivity index (χ4n) is 3.01. The third-order valence-electron chi connectivity index (χ3n) is 4.58. The molecule has 0 heterocycles. The van der Waals surface area contributed by atoms with Crippen molar-refractivity contribution in [3.05, 3.63) is 77.4 Å². The number of nitrogens with one attached hydrogen (secondary N) is 1. The van der Waals surface area contributed by atoms with Crippen molar-refractivity contribution in [2.45, 2.75) is 13.5 Å². The van der Waals surface area contributed by atoms with Crippen molar-refractivity contribution in [1.82, 2.24) is 0 Å². The summed E-state index contributed by atoms with van der Waals surface area (Å²) in [6.45, 7) is 2.28. The molecule has 3 aromatic carbocycles. The highest BCUT2D eigenvalue weighted by Crippen LogP contribution is 2.30. The number of carbonyl (C=O) groups is 1. The Morgan fingerprint density at radius 1 is 0.833 bits per heavy atom. The van der Waals surface area contributed by atoms with Crippen molar-refractivity contribution >= 4 is 11.6 Å². The Kier molecular flexibility index (Phi) is 6.80. The fourth-order valence-corrected chi connectivity index (χ4v) is 3.01. The average Bonchev–Trinajstić information content (AvgIpc) is 2.77. The van der Waals surface area contributed by atoms with E-state index >= 15 is 0 Å². The van der Waals surface area contributed by atoms with Crippen LogP contribution in [-0.4, -0.2) is 27.2 Å². The largest absolute Gasteiger partial charge is 0.497 e. The quantitative estimate of drug-likeness (QED) is 0.578. The molecule has 0 fully saturated rings. The van der Waals surface area contributed by atoms with Gasteiger partial charge in [0.15, 0.2) is 0 Å². The summed E-state index contributed by atoms with van der Waals surface area (Å²) >= 11 is 0. The van der Waals surface area contributed by atoms with Gasteiger partial charge in [0, 0.05) is 17.2 Å². The van der Waals surface area contributed by atoms with E-state index < -0.39 is 0 Å². The van der Waals surface area contributed by atoms with E-state index in [-0.39, 0.29) is 12.5 Å². The topological polar surface area (TPSA) is 66.0 Å². The molecule has 0 saturated carbocycles. The zero-order valence-corrected chi connectivity index (χ0v) is 17.5. The van der Waals surface area contributed by atoms with Crippen LogP contribution in [0.2, 0.25) is 0 Å². The second kappa shape index (κ2) is 9.69. The van der Waals surface area contributed by atoms with Crippen LogP contribution in [0.4, 0.5) is 5.69 Å². The summed E-state index contributed by atoms with van der Waals surface area (Å²) in [5.74, 6) is 2.29. The van der Waals surface area contributed by atoms with E-state index in [0.29, 0.717) is 28.5 Å². The highest BCUT2D eigenvalue weighted by atomic mass is 16.5. The summed E-state index contributed by atoms with van der Waals surface area (Å²) in [5, 5.41) is 2.87. The van der Waals surface area contributed by atoms with Crippen LogP contribution in [0.3, 0.4) is 0 Å². The second-order valence-corrected chi connectivity index (χ2v) is 6.65. The molecule has 0 saturated heterocycles. The Morgan fingerprint density at radius 2 is 1.60 bits per heavy atom. The molecule has 0 aliphatic carbocycles. The van der Waals surface area contributed by atoms with Crippen molar-refractivity contribution in [3.8, 4) is 23.0 Å². The molecule has 30 heavy (non-hydrogen) atoms. The highest BCUT2D eigenvalue weighted by molar-refractivity contribution is 6.05. The second-order valence-electron chi connectivity index (χ2n) is 6.65. The molecule has 1 amide bonds. The first-order valence-corrected chi connectivity index (χ1v) is 9.44. The Hall–Kier alpha value is -3.67. The molecule has 0 aliphatic heterocycles. The molecule has 6 heteroatoms. The van der Waals surface area contributed by atoms with Gasteiger partial charge in [-0.2, -0.15) is 0 Å². The number of amides is 1. The maximum atomic E-state index is 12.9. The van der Waals surface area contributed by atoms with Crippen molar-refractivity contribution < 1.29 is 23.7 Å². The lowest BCUT2D eigenvalue weighted by Gasteiger charge is -2.14. The zero-order valence-electron chi connectivity index (χ0n) is 17.5. The third-order valence-corrected chi connectivity index (χ3v) is 4.58. The molecular weight excluding hydrogens is 382 g/mol. The van der Waals surface area contributed by atoms with Gasteiger partial charge < -0.3 is 24.3 Å². The maximum absolute atomic E-state index is 12.9. The summed E-state index contributed by atoms with van der Waals surface area (Å²) < 4.78 is 21.9. The Morgan fingerprint density at radius 3 is 2.30 bits per heavy atom. The lowest BCUT2D eigenvalue weighted by atomic mass is 10.1. The van der Waals surface area contributed by atoms with Gasteiger partial charge in [0.05, 0.1) is 27.0 Å². The van der Waals surface area contributed by atoms with Gasteiger partial charge in [0.1, 0.15) is 29.6 Å². The van der Waals surface area contributed by atoms with Gasteiger partial charge in [-0.1, -0.05) is 12.1 Å². The molecule has 0 aromatic heterocycles. The van der Waals surface area contributed by atoms with Crippen LogP contribution < -0.4 is 24.3 Å². The summed E-state index contributed by atoms with van der Waals surface area (Å²) in [6.07, 6.45) is 0. The molecule has 0 unspecified atom stereocenters. The SMILES string of the molecule is COc1ccc(OC)c(NC(=O)c2ccc(OC)c(COc3cccc(C)c3)c2)c1. The Bertz CT molecular complexity index is 1030. The van der Waals surface area contributed by atoms with E-state index in [1.807, 2.05) is 31.2 Å². The van der Waals surface area contributed by atoms with Gasteiger partial charge in [-0.15, -0.1) is 0 Å². The minimum atomic E-state index is -0.277. The van der Waals surface area contributed by atoms with Crippen molar-refractivity contribution in [2.24, 2.45) is 0 Å². The number of rotatable bonds is 8. The first kappa shape index (κ1) is 21.0. The number of hydrogen-bond donors (Lipinski definition) is 1. The lowest BCUT2D eigenvalue weighted by molar-refractivity contribution is 0.102. The molecule has 0 aliphatic rings. The number of aryl methyl sites for hydroxylation is 1.